The Kier molecular flexibility index (Phi) is 3.88. The quantitative estimate of drug-likeness (QED) is 0.710. The van der Waals surface area contributed by atoms with Crippen LogP contribution in [-0.4, -0.2) is 0 Å². The van der Waals surface area contributed by atoms with E-state index in [1.54, 1.807) is 30.3 Å². The van der Waals surface area contributed by atoms with Gasteiger partial charge in [0.05, 0.1) is 5.56 Å². The number of hydrogen-bond donors (Lipinski definition) is 0. The zero-order valence-corrected chi connectivity index (χ0v) is 10.7. The Hall–Kier alpha value is -2.17. The normalized spacial score (nSPS) is 13.0. The van der Waals surface area contributed by atoms with Crippen LogP contribution in [0.2, 0.25) is 0 Å². The van der Waals surface area contributed by atoms with Crippen LogP contribution in [0.1, 0.15) is 24.1 Å². The maximum atomic E-state index is 13.2. The van der Waals surface area contributed by atoms with Gasteiger partial charge in [0.1, 0.15) is 6.04 Å². The minimum Gasteiger partial charge on any atom is -0.166 e. The van der Waals surface area contributed by atoms with Gasteiger partial charge < -0.3 is 0 Å². The number of nitrogens with zero attached hydrogens (tertiary/aromatic N) is 1. The summed E-state index contributed by atoms with van der Waals surface area (Å²) in [6, 6.07) is 11.4. The lowest BCUT2D eigenvalue weighted by molar-refractivity contribution is -0.137. The maximum absolute atomic E-state index is 13.2. The topological polar surface area (TPSA) is 29.4 Å². The molecule has 20 heavy (non-hydrogen) atoms. The largest absolute Gasteiger partial charge is 0.417 e. The fourth-order valence-electron chi connectivity index (χ4n) is 1.99. The van der Waals surface area contributed by atoms with Crippen LogP contribution in [0, 0.1) is 4.91 Å². The van der Waals surface area contributed by atoms with Crippen LogP contribution < -0.4 is 0 Å². The monoisotopic (exact) mass is 279 g/mol. The smallest absolute Gasteiger partial charge is 0.166 e. The number of alkyl halides is 3. The van der Waals surface area contributed by atoms with Gasteiger partial charge in [-0.1, -0.05) is 47.6 Å². The number of benzene rings is 2. The molecule has 2 aromatic rings. The molecular weight excluding hydrogens is 267 g/mol. The minimum atomic E-state index is -4.48. The van der Waals surface area contributed by atoms with E-state index in [1.165, 1.54) is 19.1 Å². The molecule has 0 amide bonds. The number of halogens is 3. The molecule has 0 aromatic heterocycles. The van der Waals surface area contributed by atoms with Crippen LogP contribution in [0.3, 0.4) is 0 Å². The van der Waals surface area contributed by atoms with Gasteiger partial charge in [-0.2, -0.15) is 18.1 Å². The molecule has 0 radical (unpaired) electrons. The van der Waals surface area contributed by atoms with Gasteiger partial charge in [0.25, 0.3) is 0 Å². The Morgan fingerprint density at radius 3 is 2.25 bits per heavy atom. The molecule has 0 aliphatic rings. The molecule has 0 bridgehead atoms. The average Bonchev–Trinajstić information content (AvgIpc) is 2.46. The van der Waals surface area contributed by atoms with Crippen LogP contribution >= 0.6 is 0 Å². The zero-order valence-electron chi connectivity index (χ0n) is 10.7. The second-order valence-electron chi connectivity index (χ2n) is 4.45. The van der Waals surface area contributed by atoms with Crippen LogP contribution in [0.25, 0.3) is 11.1 Å². The van der Waals surface area contributed by atoms with Crippen LogP contribution in [-0.2, 0) is 6.18 Å². The molecule has 0 heterocycles. The summed E-state index contributed by atoms with van der Waals surface area (Å²) in [6.45, 7) is 1.46. The highest BCUT2D eigenvalue weighted by Gasteiger charge is 2.34. The Bertz CT molecular complexity index is 608. The van der Waals surface area contributed by atoms with Crippen molar-refractivity contribution in [2.45, 2.75) is 19.1 Å². The third-order valence-corrected chi connectivity index (χ3v) is 3.07. The van der Waals surface area contributed by atoms with Gasteiger partial charge in [-0.05, 0) is 29.7 Å². The molecule has 2 aromatic carbocycles. The van der Waals surface area contributed by atoms with E-state index >= 15 is 0 Å². The predicted molar refractivity (Wildman–Crippen MR) is 71.1 cm³/mol. The van der Waals surface area contributed by atoms with Gasteiger partial charge in [-0.15, -0.1) is 0 Å². The lowest BCUT2D eigenvalue weighted by Crippen LogP contribution is -2.08. The first-order chi connectivity index (χ1) is 9.43. The van der Waals surface area contributed by atoms with Crippen LogP contribution in [0.4, 0.5) is 13.2 Å². The predicted octanol–water partition coefficient (Wildman–Crippen LogP) is 5.20. The zero-order chi connectivity index (χ0) is 14.8. The van der Waals surface area contributed by atoms with E-state index in [1.807, 2.05) is 0 Å². The van der Waals surface area contributed by atoms with Gasteiger partial charge in [0, 0.05) is 0 Å². The van der Waals surface area contributed by atoms with Crippen molar-refractivity contribution in [3.63, 3.8) is 0 Å². The first kappa shape index (κ1) is 14.2. The fourth-order valence-corrected chi connectivity index (χ4v) is 1.99. The van der Waals surface area contributed by atoms with E-state index in [-0.39, 0.29) is 11.1 Å². The van der Waals surface area contributed by atoms with Gasteiger partial charge in [-0.3, -0.25) is 0 Å². The van der Waals surface area contributed by atoms with Crippen molar-refractivity contribution >= 4 is 0 Å². The highest BCUT2D eigenvalue weighted by molar-refractivity contribution is 5.68. The SMILES string of the molecule is CC(N=O)c1ccc(-c2ccccc2)c(C(F)(F)F)c1. The molecule has 2 nitrogen and oxygen atoms in total. The summed E-state index contributed by atoms with van der Waals surface area (Å²) < 4.78 is 39.5. The van der Waals surface area contributed by atoms with Crippen LogP contribution in [0.15, 0.2) is 53.7 Å². The lowest BCUT2D eigenvalue weighted by atomic mass is 9.95. The van der Waals surface area contributed by atoms with E-state index < -0.39 is 17.8 Å². The molecule has 2 rings (SSSR count). The lowest BCUT2D eigenvalue weighted by Gasteiger charge is -2.15. The third kappa shape index (κ3) is 2.87. The van der Waals surface area contributed by atoms with E-state index in [4.69, 9.17) is 0 Å². The second kappa shape index (κ2) is 5.45. The highest BCUT2D eigenvalue weighted by atomic mass is 19.4. The molecule has 104 valence electrons. The summed E-state index contributed by atoms with van der Waals surface area (Å²) in [4.78, 5) is 10.5. The minimum absolute atomic E-state index is 0.0972. The van der Waals surface area contributed by atoms with Gasteiger partial charge >= 0.3 is 6.18 Å². The molecule has 0 aliphatic heterocycles. The number of rotatable bonds is 3. The third-order valence-electron chi connectivity index (χ3n) is 3.07. The van der Waals surface area contributed by atoms with Crippen molar-refractivity contribution in [3.8, 4) is 11.1 Å². The molecule has 0 fully saturated rings. The van der Waals surface area contributed by atoms with E-state index in [0.717, 1.165) is 6.07 Å². The number of hydrogen-bond acceptors (Lipinski definition) is 2. The standard InChI is InChI=1S/C15H12F3NO/c1-10(19-20)12-7-8-13(11-5-3-2-4-6-11)14(9-12)15(16,17)18/h2-10H,1H3. The van der Waals surface area contributed by atoms with Gasteiger partial charge in [0.2, 0.25) is 0 Å². The van der Waals surface area contributed by atoms with Crippen molar-refractivity contribution in [1.29, 1.82) is 0 Å². The van der Waals surface area contributed by atoms with Crippen molar-refractivity contribution in [1.82, 2.24) is 0 Å². The van der Waals surface area contributed by atoms with Crippen molar-refractivity contribution in [2.75, 3.05) is 0 Å². The Morgan fingerprint density at radius 1 is 1.05 bits per heavy atom. The van der Waals surface area contributed by atoms with Crippen molar-refractivity contribution < 1.29 is 13.2 Å². The van der Waals surface area contributed by atoms with E-state index in [9.17, 15) is 18.1 Å². The summed E-state index contributed by atoms with van der Waals surface area (Å²) in [5, 5.41) is 2.77. The van der Waals surface area contributed by atoms with Crippen molar-refractivity contribution in [3.05, 3.63) is 64.6 Å². The molecule has 0 N–H and O–H groups in total. The molecule has 1 atom stereocenters. The van der Waals surface area contributed by atoms with Gasteiger partial charge in [0.15, 0.2) is 0 Å². The summed E-state index contributed by atoms with van der Waals surface area (Å²) in [5.74, 6) is 0. The fraction of sp³-hybridized carbons (Fsp3) is 0.200. The Labute approximate surface area is 114 Å². The summed E-state index contributed by atoms with van der Waals surface area (Å²) >= 11 is 0. The summed E-state index contributed by atoms with van der Waals surface area (Å²) in [7, 11) is 0. The summed E-state index contributed by atoms with van der Waals surface area (Å²) in [5.41, 5.74) is 0.0849. The van der Waals surface area contributed by atoms with Gasteiger partial charge in [-0.25, -0.2) is 0 Å². The molecule has 1 unspecified atom stereocenters. The highest BCUT2D eigenvalue weighted by Crippen LogP contribution is 2.38. The molecule has 5 heteroatoms. The molecular formula is C15H12F3NO. The first-order valence-electron chi connectivity index (χ1n) is 6.02. The average molecular weight is 279 g/mol. The molecule has 0 saturated carbocycles. The van der Waals surface area contributed by atoms with Crippen molar-refractivity contribution in [2.24, 2.45) is 5.18 Å². The summed E-state index contributed by atoms with van der Waals surface area (Å²) in [6.07, 6.45) is -4.48. The Morgan fingerprint density at radius 2 is 1.70 bits per heavy atom. The number of nitroso groups, excluding NO2 is 1. The van der Waals surface area contributed by atoms with E-state index in [0.29, 0.717) is 5.56 Å². The molecule has 0 saturated heterocycles. The Balaban J connectivity index is 2.61. The second-order valence-corrected chi connectivity index (χ2v) is 4.45. The first-order valence-corrected chi connectivity index (χ1v) is 6.02. The molecule has 0 aliphatic carbocycles. The molecule has 0 spiro atoms. The maximum Gasteiger partial charge on any atom is 0.417 e. The van der Waals surface area contributed by atoms with Crippen LogP contribution in [0.5, 0.6) is 0 Å². The van der Waals surface area contributed by atoms with E-state index in [2.05, 4.69) is 5.18 Å².